The quantitative estimate of drug-likeness (QED) is 0.230. The maximum absolute atomic E-state index is 5.30. The summed E-state index contributed by atoms with van der Waals surface area (Å²) in [5.74, 6) is 0.391. The number of nitrogens with zero attached hydrogens (tertiary/aromatic N) is 6. The highest BCUT2D eigenvalue weighted by Crippen LogP contribution is 2.33. The van der Waals surface area contributed by atoms with Crippen molar-refractivity contribution < 1.29 is 0 Å². The van der Waals surface area contributed by atoms with Crippen LogP contribution >= 0.6 is 0 Å². The SMILES string of the molecule is Cc1ccc(-c2nc3cc(C(C)C)n(CCCCCC4=NN=NC4)c3nc2-c2ccc(C)cc2)cc1. The lowest BCUT2D eigenvalue weighted by atomic mass is 10.0. The first-order valence-electron chi connectivity index (χ1n) is 13.0. The van der Waals surface area contributed by atoms with E-state index in [0.717, 1.165) is 71.6 Å². The van der Waals surface area contributed by atoms with Crippen molar-refractivity contribution in [2.24, 2.45) is 15.4 Å². The molecule has 36 heavy (non-hydrogen) atoms. The van der Waals surface area contributed by atoms with Crippen LogP contribution in [0.25, 0.3) is 33.7 Å². The molecule has 2 aromatic carbocycles. The normalized spacial score (nSPS) is 13.2. The van der Waals surface area contributed by atoms with Crippen molar-refractivity contribution in [2.75, 3.05) is 6.54 Å². The van der Waals surface area contributed by atoms with E-state index in [0.29, 0.717) is 12.5 Å². The average molecular weight is 479 g/mol. The zero-order valence-corrected chi connectivity index (χ0v) is 21.7. The summed E-state index contributed by atoms with van der Waals surface area (Å²) < 4.78 is 2.39. The number of unbranched alkanes of at least 4 members (excludes halogenated alkanes) is 2. The molecular formula is C30H34N6. The molecule has 0 saturated carbocycles. The Kier molecular flexibility index (Phi) is 7.03. The molecule has 0 N–H and O–H groups in total. The van der Waals surface area contributed by atoms with Crippen molar-refractivity contribution in [1.82, 2.24) is 14.5 Å². The number of hydrogen-bond donors (Lipinski definition) is 0. The van der Waals surface area contributed by atoms with Gasteiger partial charge in [0.05, 0.1) is 17.1 Å². The van der Waals surface area contributed by atoms with Crippen LogP contribution in [0.15, 0.2) is 70.0 Å². The molecule has 0 atom stereocenters. The topological polar surface area (TPSA) is 67.8 Å². The van der Waals surface area contributed by atoms with Crippen molar-refractivity contribution in [3.63, 3.8) is 0 Å². The molecule has 6 heteroatoms. The van der Waals surface area contributed by atoms with Gasteiger partial charge in [-0.05, 0) is 50.3 Å². The van der Waals surface area contributed by atoms with Gasteiger partial charge in [0.2, 0.25) is 0 Å². The minimum absolute atomic E-state index is 0.391. The van der Waals surface area contributed by atoms with E-state index in [9.17, 15) is 0 Å². The summed E-state index contributed by atoms with van der Waals surface area (Å²) in [7, 11) is 0. The molecule has 0 bridgehead atoms. The molecular weight excluding hydrogens is 444 g/mol. The first-order valence-corrected chi connectivity index (χ1v) is 13.0. The van der Waals surface area contributed by atoms with Gasteiger partial charge in [0.25, 0.3) is 0 Å². The van der Waals surface area contributed by atoms with Crippen LogP contribution in [0, 0.1) is 13.8 Å². The fourth-order valence-corrected chi connectivity index (χ4v) is 4.76. The summed E-state index contributed by atoms with van der Waals surface area (Å²) in [6, 6.07) is 19.4. The smallest absolute Gasteiger partial charge is 0.159 e. The molecule has 0 unspecified atom stereocenters. The third kappa shape index (κ3) is 5.13. The molecule has 0 fully saturated rings. The molecule has 0 spiro atoms. The minimum atomic E-state index is 0.391. The Morgan fingerprint density at radius 2 is 1.44 bits per heavy atom. The summed E-state index contributed by atoms with van der Waals surface area (Å²) in [5.41, 5.74) is 10.9. The molecule has 2 aromatic heterocycles. The number of benzene rings is 2. The molecule has 1 aliphatic rings. The predicted molar refractivity (Wildman–Crippen MR) is 148 cm³/mol. The highest BCUT2D eigenvalue weighted by molar-refractivity contribution is 5.87. The third-order valence-electron chi connectivity index (χ3n) is 6.85. The zero-order chi connectivity index (χ0) is 25.1. The Hall–Kier alpha value is -3.67. The lowest BCUT2D eigenvalue weighted by Crippen LogP contribution is -2.07. The lowest BCUT2D eigenvalue weighted by Gasteiger charge is -2.14. The predicted octanol–water partition coefficient (Wildman–Crippen LogP) is 7.89. The van der Waals surface area contributed by atoms with Crippen LogP contribution < -0.4 is 0 Å². The summed E-state index contributed by atoms with van der Waals surface area (Å²) >= 11 is 0. The second kappa shape index (κ2) is 10.5. The van der Waals surface area contributed by atoms with Crippen LogP contribution in [0.1, 0.15) is 62.3 Å². The van der Waals surface area contributed by atoms with E-state index in [1.807, 2.05) is 0 Å². The molecule has 1 aliphatic heterocycles. The van der Waals surface area contributed by atoms with Crippen molar-refractivity contribution in [3.05, 3.63) is 71.4 Å². The van der Waals surface area contributed by atoms with Crippen LogP contribution in [0.3, 0.4) is 0 Å². The standard InChI is InChI=1S/C30H34N6/c1-20(2)27-18-26-30(36(27)17-7-5-6-8-25-19-31-35-34-25)33-29(24-15-11-22(4)12-16-24)28(32-26)23-13-9-21(3)10-14-23/h9-16,18,20H,5-8,17,19H2,1-4H3. The first kappa shape index (κ1) is 24.0. The van der Waals surface area contributed by atoms with Gasteiger partial charge in [0.1, 0.15) is 12.1 Å². The molecule has 0 radical (unpaired) electrons. The highest BCUT2D eigenvalue weighted by Gasteiger charge is 2.19. The number of fused-ring (bicyclic) bond motifs is 1. The van der Waals surface area contributed by atoms with Gasteiger partial charge in [-0.2, -0.15) is 5.11 Å². The monoisotopic (exact) mass is 478 g/mol. The van der Waals surface area contributed by atoms with Crippen LogP contribution in [-0.2, 0) is 6.54 Å². The van der Waals surface area contributed by atoms with Gasteiger partial charge in [0, 0.05) is 23.4 Å². The fraction of sp³-hybridized carbons (Fsp3) is 0.367. The second-order valence-electron chi connectivity index (χ2n) is 10.1. The van der Waals surface area contributed by atoms with Crippen LogP contribution in [-0.4, -0.2) is 26.8 Å². The number of hydrogen-bond acceptors (Lipinski definition) is 5. The van der Waals surface area contributed by atoms with Crippen molar-refractivity contribution >= 4 is 16.9 Å². The van der Waals surface area contributed by atoms with Crippen LogP contribution in [0.2, 0.25) is 0 Å². The first-order chi connectivity index (χ1) is 17.5. The Morgan fingerprint density at radius 3 is 2.03 bits per heavy atom. The number of aryl methyl sites for hydroxylation is 3. The Labute approximate surface area is 213 Å². The molecule has 5 rings (SSSR count). The largest absolute Gasteiger partial charge is 0.328 e. The third-order valence-corrected chi connectivity index (χ3v) is 6.85. The Morgan fingerprint density at radius 1 is 0.806 bits per heavy atom. The summed E-state index contributed by atoms with van der Waals surface area (Å²) in [6.45, 7) is 10.3. The van der Waals surface area contributed by atoms with Crippen molar-refractivity contribution in [3.8, 4) is 22.5 Å². The van der Waals surface area contributed by atoms with E-state index in [4.69, 9.17) is 9.97 Å². The van der Waals surface area contributed by atoms with E-state index in [1.54, 1.807) is 0 Å². The summed E-state index contributed by atoms with van der Waals surface area (Å²) in [4.78, 5) is 10.5. The Bertz CT molecular complexity index is 1410. The Balaban J connectivity index is 1.51. The molecule has 184 valence electrons. The molecule has 4 aromatic rings. The average Bonchev–Trinajstić information content (AvgIpc) is 3.52. The van der Waals surface area contributed by atoms with E-state index in [1.165, 1.54) is 16.8 Å². The minimum Gasteiger partial charge on any atom is -0.328 e. The van der Waals surface area contributed by atoms with E-state index < -0.39 is 0 Å². The van der Waals surface area contributed by atoms with Gasteiger partial charge < -0.3 is 4.57 Å². The van der Waals surface area contributed by atoms with Crippen molar-refractivity contribution in [2.45, 2.75) is 65.8 Å². The number of rotatable bonds is 9. The van der Waals surface area contributed by atoms with Gasteiger partial charge in [0.15, 0.2) is 5.65 Å². The molecule has 0 amide bonds. The second-order valence-corrected chi connectivity index (χ2v) is 10.1. The highest BCUT2D eigenvalue weighted by atomic mass is 15.4. The van der Waals surface area contributed by atoms with Gasteiger partial charge in [-0.15, -0.1) is 5.10 Å². The number of aromatic nitrogens is 3. The van der Waals surface area contributed by atoms with E-state index in [-0.39, 0.29) is 0 Å². The van der Waals surface area contributed by atoms with Gasteiger partial charge in [-0.1, -0.05) is 79.9 Å². The molecule has 3 heterocycles. The summed E-state index contributed by atoms with van der Waals surface area (Å²) in [6.07, 6.45) is 4.31. The van der Waals surface area contributed by atoms with Crippen LogP contribution in [0.5, 0.6) is 0 Å². The maximum Gasteiger partial charge on any atom is 0.159 e. The zero-order valence-electron chi connectivity index (χ0n) is 21.7. The van der Waals surface area contributed by atoms with Gasteiger partial charge in [-0.3, -0.25) is 0 Å². The van der Waals surface area contributed by atoms with E-state index >= 15 is 0 Å². The maximum atomic E-state index is 5.30. The molecule has 0 aliphatic carbocycles. The van der Waals surface area contributed by atoms with Gasteiger partial charge in [-0.25, -0.2) is 9.97 Å². The van der Waals surface area contributed by atoms with Crippen LogP contribution in [0.4, 0.5) is 0 Å². The summed E-state index contributed by atoms with van der Waals surface area (Å²) in [5, 5.41) is 11.8. The molecule has 0 saturated heterocycles. The lowest BCUT2D eigenvalue weighted by molar-refractivity contribution is 0.576. The van der Waals surface area contributed by atoms with Crippen molar-refractivity contribution in [1.29, 1.82) is 0 Å². The van der Waals surface area contributed by atoms with E-state index in [2.05, 4.69) is 102 Å². The van der Waals surface area contributed by atoms with Gasteiger partial charge >= 0.3 is 0 Å². The fourth-order valence-electron chi connectivity index (χ4n) is 4.76. The molecule has 6 nitrogen and oxygen atoms in total.